The van der Waals surface area contributed by atoms with Crippen LogP contribution in [0.5, 0.6) is 5.75 Å². The molecular formula is C27H32N4O4. The fourth-order valence-electron chi connectivity index (χ4n) is 3.99. The van der Waals surface area contributed by atoms with Gasteiger partial charge in [0, 0.05) is 38.3 Å². The number of piperazine rings is 1. The van der Waals surface area contributed by atoms with Crippen molar-refractivity contribution in [3.05, 3.63) is 84.1 Å². The number of nitrogens with one attached hydrogen (secondary N) is 1. The molecule has 4 rings (SSSR count). The van der Waals surface area contributed by atoms with Gasteiger partial charge in [-0.05, 0) is 42.0 Å². The third-order valence-corrected chi connectivity index (χ3v) is 5.94. The molecule has 1 saturated heterocycles. The number of hydrogen-bond donors (Lipinski definition) is 2. The van der Waals surface area contributed by atoms with Crippen molar-refractivity contribution in [3.63, 3.8) is 0 Å². The van der Waals surface area contributed by atoms with Gasteiger partial charge in [0.1, 0.15) is 11.6 Å². The van der Waals surface area contributed by atoms with E-state index in [1.54, 1.807) is 37.6 Å². The highest BCUT2D eigenvalue weighted by Gasteiger charge is 2.20. The number of carbonyl (C=O) groups is 1. The van der Waals surface area contributed by atoms with E-state index in [0.717, 1.165) is 37.6 Å². The smallest absolute Gasteiger partial charge is 0.255 e. The lowest BCUT2D eigenvalue weighted by molar-refractivity contribution is 0.00912. The number of aliphatic hydroxyl groups excluding tert-OH is 1. The summed E-state index contributed by atoms with van der Waals surface area (Å²) in [6, 6.07) is 20.7. The minimum atomic E-state index is -0.517. The van der Waals surface area contributed by atoms with Gasteiger partial charge in [0.15, 0.2) is 0 Å². The van der Waals surface area contributed by atoms with Crippen LogP contribution in [0.3, 0.4) is 0 Å². The topological polar surface area (TPSA) is 87.2 Å². The van der Waals surface area contributed by atoms with Gasteiger partial charge in [0.25, 0.3) is 5.91 Å². The van der Waals surface area contributed by atoms with Crippen LogP contribution in [0.15, 0.2) is 72.9 Å². The number of amides is 1. The lowest BCUT2D eigenvalue weighted by atomic mass is 10.2. The van der Waals surface area contributed by atoms with Crippen LogP contribution >= 0.6 is 0 Å². The van der Waals surface area contributed by atoms with E-state index >= 15 is 0 Å². The summed E-state index contributed by atoms with van der Waals surface area (Å²) in [6.45, 7) is 4.74. The third kappa shape index (κ3) is 7.26. The number of rotatable bonds is 10. The molecule has 0 aliphatic carbocycles. The summed E-state index contributed by atoms with van der Waals surface area (Å²) in [4.78, 5) is 21.4. The van der Waals surface area contributed by atoms with E-state index in [1.165, 1.54) is 0 Å². The summed E-state index contributed by atoms with van der Waals surface area (Å²) in [5.41, 5.74) is 2.30. The number of β-amino-alcohol motifs (C(OH)–C–C–N with tert-alkyl or cyclic N) is 1. The Kier molecular flexibility index (Phi) is 8.67. The molecule has 1 amide bonds. The maximum atomic E-state index is 12.4. The van der Waals surface area contributed by atoms with Crippen LogP contribution in [0.2, 0.25) is 0 Å². The molecule has 1 aromatic heterocycles. The fourth-order valence-corrected chi connectivity index (χ4v) is 3.99. The number of pyridine rings is 1. The first-order valence-electron chi connectivity index (χ1n) is 11.8. The van der Waals surface area contributed by atoms with Gasteiger partial charge < -0.3 is 24.8 Å². The molecule has 1 atom stereocenters. The van der Waals surface area contributed by atoms with Crippen molar-refractivity contribution in [3.8, 4) is 5.75 Å². The molecule has 0 bridgehead atoms. The second-order valence-corrected chi connectivity index (χ2v) is 8.53. The van der Waals surface area contributed by atoms with E-state index < -0.39 is 6.10 Å². The molecule has 0 spiro atoms. The zero-order valence-corrected chi connectivity index (χ0v) is 20.0. The molecule has 8 nitrogen and oxygen atoms in total. The highest BCUT2D eigenvalue weighted by molar-refractivity contribution is 6.04. The third-order valence-electron chi connectivity index (χ3n) is 5.94. The van der Waals surface area contributed by atoms with Gasteiger partial charge in [0.05, 0.1) is 38.3 Å². The van der Waals surface area contributed by atoms with Crippen molar-refractivity contribution in [1.82, 2.24) is 9.88 Å². The first-order valence-corrected chi connectivity index (χ1v) is 11.8. The predicted molar refractivity (Wildman–Crippen MR) is 136 cm³/mol. The van der Waals surface area contributed by atoms with E-state index in [2.05, 4.69) is 20.1 Å². The number of benzene rings is 2. The second-order valence-electron chi connectivity index (χ2n) is 8.53. The van der Waals surface area contributed by atoms with Crippen molar-refractivity contribution in [2.75, 3.05) is 56.7 Å². The minimum absolute atomic E-state index is 0.192. The molecule has 8 heteroatoms. The molecular weight excluding hydrogens is 444 g/mol. The number of aliphatic hydroxyl groups is 1. The SMILES string of the molecule is COc1ccc(C(=O)Nc2ccc(N3CCN(C[C@@H](O)COCc4ccccc4)CC3)nc2)cc1. The summed E-state index contributed by atoms with van der Waals surface area (Å²) in [6.07, 6.45) is 1.16. The van der Waals surface area contributed by atoms with Gasteiger partial charge in [-0.2, -0.15) is 0 Å². The van der Waals surface area contributed by atoms with E-state index in [0.29, 0.717) is 36.8 Å². The van der Waals surface area contributed by atoms with Crippen LogP contribution in [-0.4, -0.2) is 73.4 Å². The van der Waals surface area contributed by atoms with Gasteiger partial charge in [-0.25, -0.2) is 4.98 Å². The first-order chi connectivity index (χ1) is 17.1. The zero-order chi connectivity index (χ0) is 24.5. The van der Waals surface area contributed by atoms with E-state index in [9.17, 15) is 9.90 Å². The first kappa shape index (κ1) is 24.7. The molecule has 0 unspecified atom stereocenters. The fraction of sp³-hybridized carbons (Fsp3) is 0.333. The normalized spacial score (nSPS) is 15.0. The number of anilines is 2. The molecule has 184 valence electrons. The second kappa shape index (κ2) is 12.3. The Labute approximate surface area is 206 Å². The number of ether oxygens (including phenoxy) is 2. The van der Waals surface area contributed by atoms with Crippen LogP contribution in [0.1, 0.15) is 15.9 Å². The zero-order valence-electron chi connectivity index (χ0n) is 20.0. The summed E-state index contributed by atoms with van der Waals surface area (Å²) in [7, 11) is 1.59. The Morgan fingerprint density at radius 3 is 2.43 bits per heavy atom. The van der Waals surface area contributed by atoms with Crippen molar-refractivity contribution in [2.24, 2.45) is 0 Å². The molecule has 2 heterocycles. The lowest BCUT2D eigenvalue weighted by Crippen LogP contribution is -2.49. The maximum Gasteiger partial charge on any atom is 0.255 e. The van der Waals surface area contributed by atoms with Crippen molar-refractivity contribution in [1.29, 1.82) is 0 Å². The van der Waals surface area contributed by atoms with E-state index in [1.807, 2.05) is 42.5 Å². The van der Waals surface area contributed by atoms with Gasteiger partial charge >= 0.3 is 0 Å². The average Bonchev–Trinajstić information content (AvgIpc) is 2.90. The van der Waals surface area contributed by atoms with Crippen LogP contribution in [0, 0.1) is 0 Å². The number of hydrogen-bond acceptors (Lipinski definition) is 7. The highest BCUT2D eigenvalue weighted by atomic mass is 16.5. The molecule has 2 N–H and O–H groups in total. The number of nitrogens with zero attached hydrogens (tertiary/aromatic N) is 3. The largest absolute Gasteiger partial charge is 0.497 e. The maximum absolute atomic E-state index is 12.4. The van der Waals surface area contributed by atoms with Crippen molar-refractivity contribution >= 4 is 17.4 Å². The minimum Gasteiger partial charge on any atom is -0.497 e. The Morgan fingerprint density at radius 1 is 1.03 bits per heavy atom. The summed E-state index contributed by atoms with van der Waals surface area (Å²) in [5.74, 6) is 1.39. The Hall–Kier alpha value is -3.46. The Balaban J connectivity index is 1.18. The van der Waals surface area contributed by atoms with Crippen LogP contribution in [0.25, 0.3) is 0 Å². The van der Waals surface area contributed by atoms with E-state index in [-0.39, 0.29) is 5.91 Å². The summed E-state index contributed by atoms with van der Waals surface area (Å²) >= 11 is 0. The molecule has 0 saturated carbocycles. The van der Waals surface area contributed by atoms with Crippen LogP contribution in [0.4, 0.5) is 11.5 Å². The van der Waals surface area contributed by atoms with Gasteiger partial charge in [0.2, 0.25) is 0 Å². The predicted octanol–water partition coefficient (Wildman–Crippen LogP) is 3.04. The number of aromatic nitrogens is 1. The van der Waals surface area contributed by atoms with E-state index in [4.69, 9.17) is 9.47 Å². The van der Waals surface area contributed by atoms with Crippen molar-refractivity contribution in [2.45, 2.75) is 12.7 Å². The summed E-state index contributed by atoms with van der Waals surface area (Å²) < 4.78 is 10.8. The van der Waals surface area contributed by atoms with Crippen molar-refractivity contribution < 1.29 is 19.4 Å². The Bertz CT molecular complexity index is 1050. The molecule has 3 aromatic rings. The van der Waals surface area contributed by atoms with Gasteiger partial charge in [-0.3, -0.25) is 9.69 Å². The summed E-state index contributed by atoms with van der Waals surface area (Å²) in [5, 5.41) is 13.2. The molecule has 2 aromatic carbocycles. The molecule has 0 radical (unpaired) electrons. The Morgan fingerprint density at radius 2 is 1.77 bits per heavy atom. The van der Waals surface area contributed by atoms with Gasteiger partial charge in [-0.15, -0.1) is 0 Å². The number of methoxy groups -OCH3 is 1. The van der Waals surface area contributed by atoms with Crippen LogP contribution < -0.4 is 15.0 Å². The monoisotopic (exact) mass is 476 g/mol. The average molecular weight is 477 g/mol. The molecule has 35 heavy (non-hydrogen) atoms. The van der Waals surface area contributed by atoms with Crippen LogP contribution in [-0.2, 0) is 11.3 Å². The van der Waals surface area contributed by atoms with Gasteiger partial charge in [-0.1, -0.05) is 30.3 Å². The molecule has 1 aliphatic rings. The molecule has 1 aliphatic heterocycles. The molecule has 1 fully saturated rings. The highest BCUT2D eigenvalue weighted by Crippen LogP contribution is 2.18. The number of carbonyl (C=O) groups excluding carboxylic acids is 1. The quantitative estimate of drug-likeness (QED) is 0.465. The standard InChI is InChI=1S/C27H32N4O4/c1-34-25-10-7-22(8-11-25)27(33)29-23-9-12-26(28-17-23)31-15-13-30(14-16-31)18-24(32)20-35-19-21-5-3-2-4-6-21/h2-12,17,24,32H,13-16,18-20H2,1H3,(H,29,33)/t24-/m1/s1. The lowest BCUT2D eigenvalue weighted by Gasteiger charge is -2.36.